The van der Waals surface area contributed by atoms with Crippen molar-refractivity contribution in [3.8, 4) is 0 Å². The van der Waals surface area contributed by atoms with E-state index < -0.39 is 29.0 Å². The molecule has 0 unspecified atom stereocenters. The summed E-state index contributed by atoms with van der Waals surface area (Å²) >= 11 is 0. The lowest BCUT2D eigenvalue weighted by Gasteiger charge is -2.29. The van der Waals surface area contributed by atoms with Gasteiger partial charge >= 0.3 is 0 Å². The van der Waals surface area contributed by atoms with Gasteiger partial charge in [-0.1, -0.05) is 12.8 Å². The van der Waals surface area contributed by atoms with Gasteiger partial charge in [-0.3, -0.25) is 9.79 Å². The lowest BCUT2D eigenvalue weighted by atomic mass is 9.83. The van der Waals surface area contributed by atoms with Gasteiger partial charge in [0.25, 0.3) is 0 Å². The number of halogens is 3. The maximum absolute atomic E-state index is 13.6. The number of aliphatic imine (C=N–C) groups is 1. The van der Waals surface area contributed by atoms with Gasteiger partial charge in [-0.05, 0) is 36.8 Å². The fourth-order valence-corrected chi connectivity index (χ4v) is 3.43. The van der Waals surface area contributed by atoms with E-state index >= 15 is 0 Å². The van der Waals surface area contributed by atoms with Crippen molar-refractivity contribution in [1.29, 1.82) is 0 Å². The molecular formula is C19H27F3N4O2. The van der Waals surface area contributed by atoms with Crippen LogP contribution in [0.2, 0.25) is 0 Å². The van der Waals surface area contributed by atoms with Crippen molar-refractivity contribution in [2.45, 2.75) is 32.1 Å². The monoisotopic (exact) mass is 400 g/mol. The van der Waals surface area contributed by atoms with E-state index in [9.17, 15) is 18.0 Å². The number of ether oxygens (including phenoxy) is 1. The zero-order chi connectivity index (χ0) is 20.6. The Morgan fingerprint density at radius 3 is 2.54 bits per heavy atom. The summed E-state index contributed by atoms with van der Waals surface area (Å²) in [6.45, 7) is 1.19. The Morgan fingerprint density at radius 1 is 1.18 bits per heavy atom. The maximum atomic E-state index is 13.6. The minimum atomic E-state index is -1.62. The molecule has 9 heteroatoms. The first-order chi connectivity index (χ1) is 13.4. The summed E-state index contributed by atoms with van der Waals surface area (Å²) in [5.74, 6) is -4.54. The third-order valence-corrected chi connectivity index (χ3v) is 5.08. The Balaban J connectivity index is 1.84. The van der Waals surface area contributed by atoms with Crippen LogP contribution in [-0.4, -0.2) is 45.7 Å². The van der Waals surface area contributed by atoms with Crippen molar-refractivity contribution >= 4 is 17.6 Å². The molecule has 1 aliphatic rings. The Labute approximate surface area is 162 Å². The maximum Gasteiger partial charge on any atom is 0.243 e. The molecule has 6 nitrogen and oxygen atoms in total. The molecule has 0 aromatic heterocycles. The van der Waals surface area contributed by atoms with E-state index in [4.69, 9.17) is 4.74 Å². The number of rotatable bonds is 8. The molecule has 1 aromatic carbocycles. The van der Waals surface area contributed by atoms with Gasteiger partial charge in [-0.2, -0.15) is 0 Å². The molecule has 156 valence electrons. The summed E-state index contributed by atoms with van der Waals surface area (Å²) in [5.41, 5.74) is -0.275. The second-order valence-electron chi connectivity index (χ2n) is 7.00. The molecule has 0 saturated heterocycles. The first-order valence-electron chi connectivity index (χ1n) is 9.27. The molecule has 1 aromatic rings. The van der Waals surface area contributed by atoms with E-state index in [0.717, 1.165) is 31.4 Å². The van der Waals surface area contributed by atoms with Gasteiger partial charge in [0.05, 0.1) is 12.2 Å². The van der Waals surface area contributed by atoms with Crippen molar-refractivity contribution in [2.24, 2.45) is 10.4 Å². The highest BCUT2D eigenvalue weighted by Gasteiger charge is 2.33. The first-order valence-corrected chi connectivity index (χ1v) is 9.27. The van der Waals surface area contributed by atoms with Crippen LogP contribution in [0.15, 0.2) is 17.1 Å². The van der Waals surface area contributed by atoms with E-state index in [1.54, 1.807) is 14.2 Å². The zero-order valence-electron chi connectivity index (χ0n) is 16.2. The molecule has 28 heavy (non-hydrogen) atoms. The first kappa shape index (κ1) is 22.0. The molecule has 3 N–H and O–H groups in total. The van der Waals surface area contributed by atoms with Crippen LogP contribution < -0.4 is 16.0 Å². The minimum Gasteiger partial charge on any atom is -0.385 e. The van der Waals surface area contributed by atoms with Crippen molar-refractivity contribution in [3.05, 3.63) is 29.6 Å². The number of hydrogen-bond donors (Lipinski definition) is 3. The smallest absolute Gasteiger partial charge is 0.243 e. The largest absolute Gasteiger partial charge is 0.385 e. The van der Waals surface area contributed by atoms with Crippen molar-refractivity contribution in [3.63, 3.8) is 0 Å². The normalized spacial score (nSPS) is 16.1. The van der Waals surface area contributed by atoms with Gasteiger partial charge < -0.3 is 20.7 Å². The summed E-state index contributed by atoms with van der Waals surface area (Å²) in [4.78, 5) is 16.1. The quantitative estimate of drug-likeness (QED) is 0.356. The highest BCUT2D eigenvalue weighted by Crippen LogP contribution is 2.40. The van der Waals surface area contributed by atoms with E-state index in [1.807, 2.05) is 0 Å². The molecule has 0 heterocycles. The topological polar surface area (TPSA) is 74.8 Å². The number of hydrogen-bond acceptors (Lipinski definition) is 3. The lowest BCUT2D eigenvalue weighted by molar-refractivity contribution is -0.115. The van der Waals surface area contributed by atoms with Crippen LogP contribution in [0.4, 0.5) is 18.9 Å². The highest BCUT2D eigenvalue weighted by molar-refractivity contribution is 5.95. The van der Waals surface area contributed by atoms with Crippen LogP contribution in [0.5, 0.6) is 0 Å². The molecule has 2 rings (SSSR count). The van der Waals surface area contributed by atoms with Crippen LogP contribution in [0.1, 0.15) is 32.1 Å². The third kappa shape index (κ3) is 5.85. The second-order valence-corrected chi connectivity index (χ2v) is 7.00. The van der Waals surface area contributed by atoms with Crippen LogP contribution in [0, 0.1) is 22.9 Å². The van der Waals surface area contributed by atoms with E-state index in [0.29, 0.717) is 19.1 Å². The molecule has 1 fully saturated rings. The summed E-state index contributed by atoms with van der Waals surface area (Å²) in [6, 6.07) is 1.72. The molecule has 0 spiro atoms. The number of benzene rings is 1. The molecule has 0 atom stereocenters. The van der Waals surface area contributed by atoms with E-state index in [2.05, 4.69) is 20.9 Å². The summed E-state index contributed by atoms with van der Waals surface area (Å²) in [6.07, 6.45) is 5.52. The number of guanidine groups is 1. The minimum absolute atomic E-state index is 0.144. The van der Waals surface area contributed by atoms with Crippen LogP contribution in [-0.2, 0) is 9.53 Å². The van der Waals surface area contributed by atoms with Gasteiger partial charge in [0, 0.05) is 27.3 Å². The highest BCUT2D eigenvalue weighted by atomic mass is 19.2. The molecular weight excluding hydrogens is 373 g/mol. The van der Waals surface area contributed by atoms with Crippen LogP contribution in [0.3, 0.4) is 0 Å². The van der Waals surface area contributed by atoms with Crippen LogP contribution >= 0.6 is 0 Å². The third-order valence-electron chi connectivity index (χ3n) is 5.08. The average molecular weight is 400 g/mol. The van der Waals surface area contributed by atoms with Crippen molar-refractivity contribution < 1.29 is 22.7 Å². The Kier molecular flexibility index (Phi) is 8.10. The molecule has 1 amide bonds. The predicted octanol–water partition coefficient (Wildman–Crippen LogP) is 2.80. The Hall–Kier alpha value is -2.29. The number of methoxy groups -OCH3 is 1. The summed E-state index contributed by atoms with van der Waals surface area (Å²) < 4.78 is 45.0. The zero-order valence-corrected chi connectivity index (χ0v) is 16.2. The number of nitrogens with zero attached hydrogens (tertiary/aromatic N) is 1. The summed E-state index contributed by atoms with van der Waals surface area (Å²) in [7, 11) is 3.27. The number of carbonyl (C=O) groups excluding carboxylic acids is 1. The fourth-order valence-electron chi connectivity index (χ4n) is 3.43. The van der Waals surface area contributed by atoms with E-state index in [1.165, 1.54) is 12.8 Å². The standard InChI is InChI=1S/C19H27F3N4O2/c1-23-18(25-12-19(9-10-28-2)7-3-4-8-19)24-11-15(27)26-14-6-5-13(20)16(21)17(14)22/h5-6H,3-4,7-12H2,1-2H3,(H,26,27)(H2,23,24,25). The Bertz CT molecular complexity index is 707. The van der Waals surface area contributed by atoms with E-state index in [-0.39, 0.29) is 12.0 Å². The average Bonchev–Trinajstić information content (AvgIpc) is 3.16. The van der Waals surface area contributed by atoms with Gasteiger partial charge in [-0.15, -0.1) is 0 Å². The van der Waals surface area contributed by atoms with Gasteiger partial charge in [0.15, 0.2) is 23.4 Å². The molecule has 1 saturated carbocycles. The van der Waals surface area contributed by atoms with Crippen molar-refractivity contribution in [1.82, 2.24) is 10.6 Å². The molecule has 0 bridgehead atoms. The second kappa shape index (κ2) is 10.3. The SMILES string of the molecule is CN=C(NCC(=O)Nc1ccc(F)c(F)c1F)NCC1(CCOC)CCCC1. The fraction of sp³-hybridized carbons (Fsp3) is 0.579. The lowest BCUT2D eigenvalue weighted by Crippen LogP contribution is -2.45. The summed E-state index contributed by atoms with van der Waals surface area (Å²) in [5, 5.41) is 8.27. The van der Waals surface area contributed by atoms with Gasteiger partial charge in [-0.25, -0.2) is 13.2 Å². The number of carbonyl (C=O) groups is 1. The number of amides is 1. The van der Waals surface area contributed by atoms with Crippen LogP contribution in [0.25, 0.3) is 0 Å². The van der Waals surface area contributed by atoms with Gasteiger partial charge in [0.2, 0.25) is 5.91 Å². The molecule has 1 aliphatic carbocycles. The number of anilines is 1. The molecule has 0 radical (unpaired) electrons. The van der Waals surface area contributed by atoms with Crippen molar-refractivity contribution in [2.75, 3.05) is 39.2 Å². The Morgan fingerprint density at radius 2 is 1.89 bits per heavy atom. The van der Waals surface area contributed by atoms with Gasteiger partial charge in [0.1, 0.15) is 0 Å². The predicted molar refractivity (Wildman–Crippen MR) is 102 cm³/mol. The molecule has 0 aliphatic heterocycles. The number of nitrogens with one attached hydrogen (secondary N) is 3.